The van der Waals surface area contributed by atoms with Crippen LogP contribution in [0.15, 0.2) is 77.5 Å². The number of amides is 1. The average Bonchev–Trinajstić information content (AvgIpc) is 3.46. The number of anilines is 1. The Labute approximate surface area is 161 Å². The molecule has 2 aromatic carbocycles. The van der Waals surface area contributed by atoms with Crippen molar-refractivity contribution in [3.8, 4) is 0 Å². The van der Waals surface area contributed by atoms with Gasteiger partial charge in [-0.2, -0.15) is 0 Å². The highest BCUT2D eigenvalue weighted by Gasteiger charge is 2.51. The molecule has 0 aliphatic heterocycles. The maximum Gasteiger partial charge on any atom is 0.235 e. The van der Waals surface area contributed by atoms with Crippen molar-refractivity contribution in [1.82, 2.24) is 4.98 Å². The Bertz CT molecular complexity index is 918. The largest absolute Gasteiger partial charge is 0.325 e. The molecule has 0 bridgehead atoms. The van der Waals surface area contributed by atoms with Crippen LogP contribution in [-0.4, -0.2) is 10.9 Å². The van der Waals surface area contributed by atoms with E-state index in [1.54, 1.807) is 12.4 Å². The van der Waals surface area contributed by atoms with E-state index < -0.39 is 0 Å². The molecule has 4 heteroatoms. The minimum Gasteiger partial charge on any atom is -0.325 e. The van der Waals surface area contributed by atoms with Crippen LogP contribution in [0.2, 0.25) is 0 Å². The Morgan fingerprint density at radius 2 is 1.69 bits per heavy atom. The van der Waals surface area contributed by atoms with E-state index in [2.05, 4.69) is 38.4 Å². The van der Waals surface area contributed by atoms with Crippen molar-refractivity contribution in [2.45, 2.75) is 24.7 Å². The minimum atomic E-state index is -0.376. The quantitative estimate of drug-likeness (QED) is 0.639. The van der Waals surface area contributed by atoms with Crippen molar-refractivity contribution in [2.24, 2.45) is 0 Å². The molecule has 1 N–H and O–H groups in total. The second kappa shape index (κ2) is 7.04. The number of rotatable bonds is 5. The number of hydrogen-bond acceptors (Lipinski definition) is 2. The highest BCUT2D eigenvalue weighted by atomic mass is 79.9. The Hall–Kier alpha value is -2.46. The number of carbonyl (C=O) groups is 1. The highest BCUT2D eigenvalue weighted by Crippen LogP contribution is 2.49. The first kappa shape index (κ1) is 17.0. The maximum atomic E-state index is 12.9. The molecule has 1 amide bonds. The zero-order valence-electron chi connectivity index (χ0n) is 14.3. The minimum absolute atomic E-state index is 0.0810. The number of carbonyl (C=O) groups excluding carboxylic acids is 1. The van der Waals surface area contributed by atoms with Gasteiger partial charge in [0.15, 0.2) is 0 Å². The van der Waals surface area contributed by atoms with Crippen LogP contribution >= 0.6 is 15.9 Å². The number of nitrogens with zero attached hydrogens (tertiary/aromatic N) is 1. The molecule has 0 saturated heterocycles. The molecule has 3 aromatic rings. The lowest BCUT2D eigenvalue weighted by atomic mass is 9.95. The van der Waals surface area contributed by atoms with Gasteiger partial charge in [0, 0.05) is 22.6 Å². The summed E-state index contributed by atoms with van der Waals surface area (Å²) in [5.74, 6) is 0.0810. The van der Waals surface area contributed by atoms with Crippen LogP contribution in [0.4, 0.5) is 5.69 Å². The van der Waals surface area contributed by atoms with Gasteiger partial charge in [-0.3, -0.25) is 9.78 Å². The molecule has 1 aromatic heterocycles. The van der Waals surface area contributed by atoms with Crippen molar-refractivity contribution < 1.29 is 4.79 Å². The van der Waals surface area contributed by atoms with Crippen LogP contribution in [0, 0.1) is 0 Å². The fourth-order valence-corrected chi connectivity index (χ4v) is 3.65. The van der Waals surface area contributed by atoms with Crippen molar-refractivity contribution in [2.75, 3.05) is 5.32 Å². The smallest absolute Gasteiger partial charge is 0.235 e. The summed E-state index contributed by atoms with van der Waals surface area (Å²) in [7, 11) is 0. The normalized spacial score (nSPS) is 14.7. The van der Waals surface area contributed by atoms with E-state index in [4.69, 9.17) is 0 Å². The van der Waals surface area contributed by atoms with Crippen LogP contribution in [0.5, 0.6) is 0 Å². The second-order valence-electron chi connectivity index (χ2n) is 6.78. The number of halogens is 1. The molecule has 130 valence electrons. The predicted octanol–water partition coefficient (Wildman–Crippen LogP) is 5.11. The second-order valence-corrected chi connectivity index (χ2v) is 7.69. The molecule has 0 spiro atoms. The Balaban J connectivity index is 1.45. The molecular weight excluding hydrogens is 388 g/mol. The van der Waals surface area contributed by atoms with E-state index in [0.717, 1.165) is 35.0 Å². The molecule has 0 unspecified atom stereocenters. The lowest BCUT2D eigenvalue weighted by molar-refractivity contribution is -0.118. The molecule has 4 rings (SSSR count). The van der Waals surface area contributed by atoms with Crippen molar-refractivity contribution in [1.29, 1.82) is 0 Å². The summed E-state index contributed by atoms with van der Waals surface area (Å²) in [5.41, 5.74) is 3.98. The van der Waals surface area contributed by atoms with E-state index in [9.17, 15) is 4.79 Å². The summed E-state index contributed by atoms with van der Waals surface area (Å²) in [4.78, 5) is 16.9. The van der Waals surface area contributed by atoms with Crippen LogP contribution < -0.4 is 5.32 Å². The third-order valence-corrected chi connectivity index (χ3v) is 5.42. The van der Waals surface area contributed by atoms with Crippen molar-refractivity contribution in [3.05, 3.63) is 94.2 Å². The summed E-state index contributed by atoms with van der Waals surface area (Å²) in [5, 5.41) is 3.09. The number of benzene rings is 2. The monoisotopic (exact) mass is 406 g/mol. The Morgan fingerprint density at radius 3 is 2.35 bits per heavy atom. The van der Waals surface area contributed by atoms with E-state index >= 15 is 0 Å². The van der Waals surface area contributed by atoms with Gasteiger partial charge in [0.2, 0.25) is 5.91 Å². The van der Waals surface area contributed by atoms with Crippen LogP contribution in [0.3, 0.4) is 0 Å². The number of hydrogen-bond donors (Lipinski definition) is 1. The fraction of sp³-hybridized carbons (Fsp3) is 0.182. The third-order valence-electron chi connectivity index (χ3n) is 4.93. The molecule has 3 nitrogen and oxygen atoms in total. The lowest BCUT2D eigenvalue weighted by Crippen LogP contribution is -2.27. The van der Waals surface area contributed by atoms with Crippen molar-refractivity contribution in [3.63, 3.8) is 0 Å². The van der Waals surface area contributed by atoms with Gasteiger partial charge in [0.05, 0.1) is 5.41 Å². The highest BCUT2D eigenvalue weighted by molar-refractivity contribution is 9.10. The molecule has 1 fully saturated rings. The van der Waals surface area contributed by atoms with Gasteiger partial charge >= 0.3 is 0 Å². The predicted molar refractivity (Wildman–Crippen MR) is 107 cm³/mol. The Kier molecular flexibility index (Phi) is 4.60. The molecule has 0 radical (unpaired) electrons. The summed E-state index contributed by atoms with van der Waals surface area (Å²) < 4.78 is 1.01. The molecule has 26 heavy (non-hydrogen) atoms. The summed E-state index contributed by atoms with van der Waals surface area (Å²) in [6, 6.07) is 20.2. The Morgan fingerprint density at radius 1 is 1.00 bits per heavy atom. The van der Waals surface area contributed by atoms with E-state index in [-0.39, 0.29) is 11.3 Å². The third kappa shape index (κ3) is 3.56. The first-order valence-corrected chi connectivity index (χ1v) is 9.50. The summed E-state index contributed by atoms with van der Waals surface area (Å²) in [6.45, 7) is 0. The number of nitrogens with one attached hydrogen (secondary N) is 1. The molecule has 1 heterocycles. The number of pyridine rings is 1. The molecule has 0 atom stereocenters. The first-order valence-electron chi connectivity index (χ1n) is 8.71. The lowest BCUT2D eigenvalue weighted by Gasteiger charge is -2.16. The van der Waals surface area contributed by atoms with E-state index in [1.165, 1.54) is 11.1 Å². The van der Waals surface area contributed by atoms with Crippen LogP contribution in [0.1, 0.15) is 29.5 Å². The zero-order valence-corrected chi connectivity index (χ0v) is 15.9. The van der Waals surface area contributed by atoms with Crippen molar-refractivity contribution >= 4 is 27.5 Å². The van der Waals surface area contributed by atoms with Gasteiger partial charge in [0.25, 0.3) is 0 Å². The molecular formula is C22H19BrN2O. The number of aromatic nitrogens is 1. The SMILES string of the molecule is O=C(Nc1ccc(Cc2ccncc2)cc1)C1(c2cccc(Br)c2)CC1. The standard InChI is InChI=1S/C22H19BrN2O/c23-19-3-1-2-18(15-19)22(10-11-22)21(26)25-20-6-4-16(5-7-20)14-17-8-12-24-13-9-17/h1-9,12-13,15H,10-11,14H2,(H,25,26). The summed E-state index contributed by atoms with van der Waals surface area (Å²) in [6.07, 6.45) is 6.27. The molecule has 1 aliphatic rings. The fourth-order valence-electron chi connectivity index (χ4n) is 3.25. The first-order chi connectivity index (χ1) is 12.7. The molecule has 1 aliphatic carbocycles. The van der Waals surface area contributed by atoms with Crippen LogP contribution in [0.25, 0.3) is 0 Å². The average molecular weight is 407 g/mol. The van der Waals surface area contributed by atoms with Gasteiger partial charge < -0.3 is 5.32 Å². The van der Waals surface area contributed by atoms with Gasteiger partial charge in [-0.1, -0.05) is 40.2 Å². The van der Waals surface area contributed by atoms with Gasteiger partial charge in [-0.05, 0) is 72.4 Å². The van der Waals surface area contributed by atoms with E-state index in [0.29, 0.717) is 0 Å². The van der Waals surface area contributed by atoms with Gasteiger partial charge in [-0.25, -0.2) is 0 Å². The van der Waals surface area contributed by atoms with Crippen LogP contribution in [-0.2, 0) is 16.6 Å². The topological polar surface area (TPSA) is 42.0 Å². The summed E-state index contributed by atoms with van der Waals surface area (Å²) >= 11 is 3.50. The van der Waals surface area contributed by atoms with Gasteiger partial charge in [-0.15, -0.1) is 0 Å². The maximum absolute atomic E-state index is 12.9. The zero-order chi connectivity index (χ0) is 18.0. The van der Waals surface area contributed by atoms with E-state index in [1.807, 2.05) is 48.5 Å². The van der Waals surface area contributed by atoms with Gasteiger partial charge in [0.1, 0.15) is 0 Å². The molecule has 1 saturated carbocycles.